The summed E-state index contributed by atoms with van der Waals surface area (Å²) >= 11 is 8.23. The highest BCUT2D eigenvalue weighted by atomic mass is 79.9. The Balaban J connectivity index is 2.44. The van der Waals surface area contributed by atoms with Gasteiger partial charge >= 0.3 is 0 Å². The zero-order chi connectivity index (χ0) is 28.6. The van der Waals surface area contributed by atoms with Crippen molar-refractivity contribution >= 4 is 80.3 Å². The first-order chi connectivity index (χ1) is 17.2. The van der Waals surface area contributed by atoms with Gasteiger partial charge in [0.1, 0.15) is 16.1 Å². The van der Waals surface area contributed by atoms with Crippen molar-refractivity contribution in [3.05, 3.63) is 55.5 Å². The summed E-state index contributed by atoms with van der Waals surface area (Å²) in [6.45, 7) is 27.9. The van der Waals surface area contributed by atoms with Gasteiger partial charge in [0.2, 0.25) is 0 Å². The monoisotopic (exact) mass is 662 g/mol. The van der Waals surface area contributed by atoms with Crippen molar-refractivity contribution < 1.29 is 0 Å². The van der Waals surface area contributed by atoms with Crippen LogP contribution in [0.4, 0.5) is 0 Å². The molecule has 0 heterocycles. The first kappa shape index (κ1) is 29.4. The third-order valence-electron chi connectivity index (χ3n) is 6.76. The third-order valence-corrected chi connectivity index (χ3v) is 10.1. The fraction of sp³-hybridized carbons (Fsp3) is 0.412. The van der Waals surface area contributed by atoms with E-state index in [-0.39, 0.29) is 10.8 Å². The molecule has 0 radical (unpaired) electrons. The van der Waals surface area contributed by atoms with E-state index in [4.69, 9.17) is 0 Å². The van der Waals surface area contributed by atoms with Gasteiger partial charge in [-0.05, 0) is 76.0 Å². The van der Waals surface area contributed by atoms with Gasteiger partial charge in [-0.2, -0.15) is 0 Å². The lowest BCUT2D eigenvalue weighted by atomic mass is 9.71. The molecule has 0 bridgehead atoms. The zero-order valence-electron chi connectivity index (χ0n) is 25.1. The van der Waals surface area contributed by atoms with E-state index in [0.717, 1.165) is 20.1 Å². The summed E-state index contributed by atoms with van der Waals surface area (Å²) in [6, 6.07) is 9.11. The molecule has 0 aliphatic carbocycles. The van der Waals surface area contributed by atoms with E-state index in [1.165, 1.54) is 43.4 Å². The van der Waals surface area contributed by atoms with Crippen LogP contribution >= 0.6 is 31.9 Å². The minimum atomic E-state index is -1.59. The van der Waals surface area contributed by atoms with Crippen LogP contribution in [0.15, 0.2) is 33.2 Å². The van der Waals surface area contributed by atoms with Crippen LogP contribution in [-0.4, -0.2) is 16.1 Å². The fourth-order valence-corrected chi connectivity index (χ4v) is 7.52. The van der Waals surface area contributed by atoms with E-state index in [1.807, 2.05) is 0 Å². The van der Waals surface area contributed by atoms with E-state index in [9.17, 15) is 0 Å². The molecule has 0 fully saturated rings. The van der Waals surface area contributed by atoms with Gasteiger partial charge in [0.25, 0.3) is 0 Å². The molecule has 0 unspecified atom stereocenters. The Morgan fingerprint density at radius 3 is 1.50 bits per heavy atom. The van der Waals surface area contributed by atoms with Gasteiger partial charge in [-0.15, -0.1) is 11.1 Å². The molecule has 0 saturated heterocycles. The molecule has 0 N–H and O–H groups in total. The van der Waals surface area contributed by atoms with Gasteiger partial charge in [-0.25, -0.2) is 0 Å². The average Bonchev–Trinajstić information content (AvgIpc) is 2.74. The lowest BCUT2D eigenvalue weighted by Crippen LogP contribution is -2.23. The third kappa shape index (κ3) is 5.40. The summed E-state index contributed by atoms with van der Waals surface area (Å²) < 4.78 is 2.23. The van der Waals surface area contributed by atoms with Crippen molar-refractivity contribution in [1.29, 1.82) is 0 Å². The number of hydrogen-bond donors (Lipinski definition) is 0. The van der Waals surface area contributed by atoms with Crippen molar-refractivity contribution in [2.75, 3.05) is 0 Å². The SMILES string of the molecule is CC(C)(C)c1cc2c(Br)c(C#C[Si](C)(C)C)c3cccc4c(C#C[Si](C)(C)C)c(Br)c(c1C(C)(C)C)c2c34. The van der Waals surface area contributed by atoms with Crippen LogP contribution in [0.25, 0.3) is 32.3 Å². The van der Waals surface area contributed by atoms with E-state index in [2.05, 4.69) is 160 Å². The molecule has 4 heteroatoms. The van der Waals surface area contributed by atoms with Gasteiger partial charge < -0.3 is 0 Å². The summed E-state index contributed by atoms with van der Waals surface area (Å²) in [5.41, 5.74) is 12.2. The largest absolute Gasteiger partial charge is 0.129 e. The number of rotatable bonds is 0. The number of hydrogen-bond acceptors (Lipinski definition) is 0. The normalized spacial score (nSPS) is 13.1. The van der Waals surface area contributed by atoms with E-state index in [0.29, 0.717) is 0 Å². The predicted molar refractivity (Wildman–Crippen MR) is 183 cm³/mol. The molecule has 4 rings (SSSR count). The van der Waals surface area contributed by atoms with Crippen LogP contribution in [0, 0.1) is 22.9 Å². The number of benzene rings is 4. The second-order valence-corrected chi connectivity index (χ2v) is 25.8. The Morgan fingerprint density at radius 2 is 1.08 bits per heavy atom. The molecule has 0 aromatic heterocycles. The predicted octanol–water partition coefficient (Wildman–Crippen LogP) is 11.2. The second kappa shape index (κ2) is 9.52. The molecule has 0 aliphatic heterocycles. The van der Waals surface area contributed by atoms with Crippen LogP contribution in [0.5, 0.6) is 0 Å². The fourth-order valence-electron chi connectivity index (χ4n) is 5.18. The highest BCUT2D eigenvalue weighted by Gasteiger charge is 2.32. The summed E-state index contributed by atoms with van der Waals surface area (Å²) in [5, 5.41) is 7.56. The van der Waals surface area contributed by atoms with Gasteiger partial charge in [-0.3, -0.25) is 0 Å². The van der Waals surface area contributed by atoms with Crippen molar-refractivity contribution in [2.45, 2.75) is 91.7 Å². The first-order valence-corrected chi connectivity index (χ1v) is 22.0. The lowest BCUT2D eigenvalue weighted by Gasteiger charge is -2.34. The molecular weight excluding hydrogens is 624 g/mol. The molecule has 0 atom stereocenters. The van der Waals surface area contributed by atoms with Crippen molar-refractivity contribution in [2.24, 2.45) is 0 Å². The van der Waals surface area contributed by atoms with Crippen LogP contribution in [-0.2, 0) is 10.8 Å². The molecule has 198 valence electrons. The molecule has 0 saturated carbocycles. The molecule has 0 amide bonds. The summed E-state index contributed by atoms with van der Waals surface area (Å²) in [7, 11) is -3.17. The van der Waals surface area contributed by atoms with Crippen molar-refractivity contribution in [3.63, 3.8) is 0 Å². The van der Waals surface area contributed by atoms with Crippen LogP contribution in [0.3, 0.4) is 0 Å². The molecule has 0 aliphatic rings. The van der Waals surface area contributed by atoms with Crippen LogP contribution in [0.2, 0.25) is 39.3 Å². The Hall–Kier alpha value is -1.57. The molecule has 4 aromatic carbocycles. The Morgan fingerprint density at radius 1 is 0.605 bits per heavy atom. The maximum Gasteiger partial charge on any atom is 0.129 e. The molecular formula is C34H40Br2Si2. The van der Waals surface area contributed by atoms with Gasteiger partial charge in [0.15, 0.2) is 0 Å². The maximum absolute atomic E-state index is 4.15. The molecule has 4 aromatic rings. The average molecular weight is 665 g/mol. The zero-order valence-corrected chi connectivity index (χ0v) is 30.2. The minimum Gasteiger partial charge on any atom is -0.127 e. The van der Waals surface area contributed by atoms with Gasteiger partial charge in [0.05, 0.1) is 0 Å². The van der Waals surface area contributed by atoms with Gasteiger partial charge in [-0.1, -0.05) is 111 Å². The smallest absolute Gasteiger partial charge is 0.127 e. The first-order valence-electron chi connectivity index (χ1n) is 13.4. The number of halogens is 2. The Labute approximate surface area is 249 Å². The molecule has 0 spiro atoms. The highest BCUT2D eigenvalue weighted by molar-refractivity contribution is 9.11. The standard InChI is InChI=1S/C34H40Br2Si2/c1-33(2,3)26-20-25-28-27-21(23(31(25)35)16-18-37(7,8)9)14-13-15-22(27)24(17-19-38(10,11)12)32(36)29(28)30(26)34(4,5)6/h13-15,20H,1-12H3. The maximum atomic E-state index is 4.15. The van der Waals surface area contributed by atoms with E-state index < -0.39 is 16.1 Å². The topological polar surface area (TPSA) is 0 Å². The highest BCUT2D eigenvalue weighted by Crippen LogP contribution is 2.51. The van der Waals surface area contributed by atoms with Gasteiger partial charge in [0, 0.05) is 36.2 Å². The summed E-state index contributed by atoms with van der Waals surface area (Å²) in [5.74, 6) is 7.34. The quantitative estimate of drug-likeness (QED) is 0.0997. The van der Waals surface area contributed by atoms with E-state index in [1.54, 1.807) is 0 Å². The molecule has 0 nitrogen and oxygen atoms in total. The minimum absolute atomic E-state index is 0.0275. The van der Waals surface area contributed by atoms with Crippen LogP contribution in [0.1, 0.15) is 63.8 Å². The summed E-state index contributed by atoms with van der Waals surface area (Å²) in [4.78, 5) is 0. The second-order valence-electron chi connectivity index (χ2n) is 14.7. The van der Waals surface area contributed by atoms with Crippen molar-refractivity contribution in [3.8, 4) is 22.9 Å². The lowest BCUT2D eigenvalue weighted by molar-refractivity contribution is 0.535. The summed E-state index contributed by atoms with van der Waals surface area (Å²) in [6.07, 6.45) is 0. The van der Waals surface area contributed by atoms with Crippen LogP contribution < -0.4 is 0 Å². The molecule has 38 heavy (non-hydrogen) atoms. The van der Waals surface area contributed by atoms with Crippen molar-refractivity contribution in [1.82, 2.24) is 0 Å². The Bertz CT molecular complexity index is 1690. The van der Waals surface area contributed by atoms with E-state index >= 15 is 0 Å². The Kier molecular flexibility index (Phi) is 7.37.